The van der Waals surface area contributed by atoms with Crippen molar-refractivity contribution in [2.24, 2.45) is 0 Å². The molecule has 1 atom stereocenters. The summed E-state index contributed by atoms with van der Waals surface area (Å²) in [6, 6.07) is 5.05. The summed E-state index contributed by atoms with van der Waals surface area (Å²) in [6.45, 7) is 1.60. The Bertz CT molecular complexity index is 340. The van der Waals surface area contributed by atoms with Crippen LogP contribution >= 0.6 is 0 Å². The Morgan fingerprint density at radius 3 is 3.20 bits per heavy atom. The van der Waals surface area contributed by atoms with E-state index in [1.54, 1.807) is 6.07 Å². The zero-order chi connectivity index (χ0) is 10.7. The van der Waals surface area contributed by atoms with Gasteiger partial charge < -0.3 is 10.1 Å². The van der Waals surface area contributed by atoms with Crippen LogP contribution < -0.4 is 10.1 Å². The van der Waals surface area contributed by atoms with E-state index in [2.05, 4.69) is 5.32 Å². The van der Waals surface area contributed by atoms with Crippen molar-refractivity contribution < 1.29 is 9.13 Å². The molecule has 0 aromatic heterocycles. The molecule has 0 saturated carbocycles. The summed E-state index contributed by atoms with van der Waals surface area (Å²) in [5, 5.41) is 3.10. The lowest BCUT2D eigenvalue weighted by Crippen LogP contribution is -2.10. The molecule has 82 valence electrons. The molecule has 1 heterocycles. The summed E-state index contributed by atoms with van der Waals surface area (Å²) in [6.07, 6.45) is 2.03. The van der Waals surface area contributed by atoms with E-state index < -0.39 is 0 Å². The summed E-state index contributed by atoms with van der Waals surface area (Å²) in [7, 11) is 1.93. The topological polar surface area (TPSA) is 21.3 Å². The summed E-state index contributed by atoms with van der Waals surface area (Å²) >= 11 is 0. The predicted octanol–water partition coefficient (Wildman–Crippen LogP) is 2.30. The highest BCUT2D eigenvalue weighted by Gasteiger charge is 2.26. The van der Waals surface area contributed by atoms with Gasteiger partial charge in [-0.15, -0.1) is 0 Å². The molecular formula is C12H16FNO. The van der Waals surface area contributed by atoms with Crippen molar-refractivity contribution in [2.75, 3.05) is 20.2 Å². The van der Waals surface area contributed by atoms with Crippen LogP contribution in [-0.2, 0) is 0 Å². The second-order valence-electron chi connectivity index (χ2n) is 3.91. The van der Waals surface area contributed by atoms with Gasteiger partial charge in [0.05, 0.1) is 6.61 Å². The highest BCUT2D eigenvalue weighted by molar-refractivity contribution is 5.40. The number of fused-ring (bicyclic) bond motifs is 1. The highest BCUT2D eigenvalue weighted by atomic mass is 19.1. The molecule has 2 nitrogen and oxygen atoms in total. The van der Waals surface area contributed by atoms with Gasteiger partial charge in [-0.25, -0.2) is 4.39 Å². The van der Waals surface area contributed by atoms with Gasteiger partial charge in [0.2, 0.25) is 0 Å². The Balaban J connectivity index is 2.07. The van der Waals surface area contributed by atoms with Gasteiger partial charge in [0.25, 0.3) is 0 Å². The van der Waals surface area contributed by atoms with Crippen molar-refractivity contribution in [1.82, 2.24) is 5.32 Å². The number of hydrogen-bond acceptors (Lipinski definition) is 2. The van der Waals surface area contributed by atoms with Crippen molar-refractivity contribution in [3.63, 3.8) is 0 Å². The average Bonchev–Trinajstić information content (AvgIpc) is 2.63. The molecular weight excluding hydrogens is 193 g/mol. The SMILES string of the molecule is CNCCCC1COc2cccc(F)c21. The van der Waals surface area contributed by atoms with Crippen LogP contribution in [0.1, 0.15) is 24.3 Å². The first-order chi connectivity index (χ1) is 7.33. The van der Waals surface area contributed by atoms with Crippen LogP contribution in [0, 0.1) is 5.82 Å². The second-order valence-corrected chi connectivity index (χ2v) is 3.91. The van der Waals surface area contributed by atoms with Gasteiger partial charge in [0.1, 0.15) is 11.6 Å². The Morgan fingerprint density at radius 1 is 1.53 bits per heavy atom. The third-order valence-corrected chi connectivity index (χ3v) is 2.84. The number of rotatable bonds is 4. The molecule has 1 aliphatic heterocycles. The molecule has 1 aromatic rings. The minimum absolute atomic E-state index is 0.126. The Kier molecular flexibility index (Phi) is 3.21. The van der Waals surface area contributed by atoms with E-state index in [0.717, 1.165) is 30.7 Å². The molecule has 1 unspecified atom stereocenters. The van der Waals surface area contributed by atoms with E-state index in [4.69, 9.17) is 4.74 Å². The fraction of sp³-hybridized carbons (Fsp3) is 0.500. The van der Waals surface area contributed by atoms with Crippen molar-refractivity contribution in [3.05, 3.63) is 29.6 Å². The maximum Gasteiger partial charge on any atom is 0.130 e. The number of ether oxygens (including phenoxy) is 1. The summed E-state index contributed by atoms with van der Waals surface area (Å²) < 4.78 is 19.0. The maximum atomic E-state index is 13.6. The van der Waals surface area contributed by atoms with Crippen molar-refractivity contribution in [2.45, 2.75) is 18.8 Å². The van der Waals surface area contributed by atoms with Crippen LogP contribution in [0.4, 0.5) is 4.39 Å². The van der Waals surface area contributed by atoms with Gasteiger partial charge in [-0.2, -0.15) is 0 Å². The monoisotopic (exact) mass is 209 g/mol. The molecule has 0 saturated heterocycles. The molecule has 1 N–H and O–H groups in total. The molecule has 0 bridgehead atoms. The van der Waals surface area contributed by atoms with E-state index in [0.29, 0.717) is 6.61 Å². The molecule has 15 heavy (non-hydrogen) atoms. The van der Waals surface area contributed by atoms with E-state index in [1.807, 2.05) is 13.1 Å². The zero-order valence-corrected chi connectivity index (χ0v) is 8.92. The number of halogens is 1. The minimum atomic E-state index is -0.126. The summed E-state index contributed by atoms with van der Waals surface area (Å²) in [5.74, 6) is 0.832. The first kappa shape index (κ1) is 10.4. The quantitative estimate of drug-likeness (QED) is 0.768. The van der Waals surface area contributed by atoms with Crippen LogP contribution in [0.15, 0.2) is 18.2 Å². The van der Waals surface area contributed by atoms with E-state index >= 15 is 0 Å². The maximum absolute atomic E-state index is 13.6. The summed E-state index contributed by atoms with van der Waals surface area (Å²) in [4.78, 5) is 0. The molecule has 0 spiro atoms. The second kappa shape index (κ2) is 4.62. The molecule has 3 heteroatoms. The van der Waals surface area contributed by atoms with Crippen LogP contribution in [0.3, 0.4) is 0 Å². The van der Waals surface area contributed by atoms with E-state index in [-0.39, 0.29) is 11.7 Å². The normalized spacial score (nSPS) is 18.7. The van der Waals surface area contributed by atoms with Crippen LogP contribution in [0.25, 0.3) is 0 Å². The van der Waals surface area contributed by atoms with Gasteiger partial charge in [-0.3, -0.25) is 0 Å². The first-order valence-electron chi connectivity index (χ1n) is 5.38. The van der Waals surface area contributed by atoms with Gasteiger partial charge in [0.15, 0.2) is 0 Å². The molecule has 1 aliphatic rings. The number of benzene rings is 1. The van der Waals surface area contributed by atoms with E-state index in [1.165, 1.54) is 6.07 Å². The lowest BCUT2D eigenvalue weighted by atomic mass is 9.96. The first-order valence-corrected chi connectivity index (χ1v) is 5.38. The number of nitrogens with one attached hydrogen (secondary N) is 1. The largest absolute Gasteiger partial charge is 0.493 e. The Labute approximate surface area is 89.4 Å². The highest BCUT2D eigenvalue weighted by Crippen LogP contribution is 2.37. The van der Waals surface area contributed by atoms with Gasteiger partial charge in [-0.05, 0) is 38.6 Å². The molecule has 0 aliphatic carbocycles. The summed E-state index contributed by atoms with van der Waals surface area (Å²) in [5.41, 5.74) is 0.772. The number of hydrogen-bond donors (Lipinski definition) is 1. The minimum Gasteiger partial charge on any atom is -0.493 e. The fourth-order valence-electron chi connectivity index (χ4n) is 2.07. The van der Waals surface area contributed by atoms with Crippen LogP contribution in [0.2, 0.25) is 0 Å². The van der Waals surface area contributed by atoms with E-state index in [9.17, 15) is 4.39 Å². The van der Waals surface area contributed by atoms with Gasteiger partial charge >= 0.3 is 0 Å². The Hall–Kier alpha value is -1.09. The zero-order valence-electron chi connectivity index (χ0n) is 8.92. The average molecular weight is 209 g/mol. The fourth-order valence-corrected chi connectivity index (χ4v) is 2.07. The van der Waals surface area contributed by atoms with Crippen molar-refractivity contribution in [3.8, 4) is 5.75 Å². The standard InChI is InChI=1S/C12H16FNO/c1-14-7-3-4-9-8-15-11-6-2-5-10(13)12(9)11/h2,5-6,9,14H,3-4,7-8H2,1H3. The lowest BCUT2D eigenvalue weighted by Gasteiger charge is -2.08. The molecule has 2 rings (SSSR count). The molecule has 0 amide bonds. The predicted molar refractivity (Wildman–Crippen MR) is 57.8 cm³/mol. The van der Waals surface area contributed by atoms with Crippen LogP contribution in [0.5, 0.6) is 5.75 Å². The third-order valence-electron chi connectivity index (χ3n) is 2.84. The van der Waals surface area contributed by atoms with Crippen molar-refractivity contribution >= 4 is 0 Å². The van der Waals surface area contributed by atoms with Crippen LogP contribution in [-0.4, -0.2) is 20.2 Å². The van der Waals surface area contributed by atoms with Gasteiger partial charge in [-0.1, -0.05) is 6.07 Å². The Morgan fingerprint density at radius 2 is 2.40 bits per heavy atom. The molecule has 1 aromatic carbocycles. The van der Waals surface area contributed by atoms with Gasteiger partial charge in [0, 0.05) is 11.5 Å². The molecule has 0 fully saturated rings. The van der Waals surface area contributed by atoms with Crippen molar-refractivity contribution in [1.29, 1.82) is 0 Å². The lowest BCUT2D eigenvalue weighted by molar-refractivity contribution is 0.323. The smallest absolute Gasteiger partial charge is 0.130 e. The third kappa shape index (κ3) is 2.12. The molecule has 0 radical (unpaired) electrons.